The number of hydrogen-bond acceptors (Lipinski definition) is 5. The van der Waals surface area contributed by atoms with Crippen molar-refractivity contribution >= 4 is 16.6 Å². The number of rotatable bonds is 0. The molecule has 6 nitrogen and oxygen atoms in total. The summed E-state index contributed by atoms with van der Waals surface area (Å²) in [7, 11) is 0. The minimum atomic E-state index is 0.755. The molecule has 2 aliphatic heterocycles. The van der Waals surface area contributed by atoms with Crippen LogP contribution in [0.2, 0.25) is 0 Å². The molecule has 170 valence electrons. The zero-order valence-electron chi connectivity index (χ0n) is 19.2. The fourth-order valence-corrected chi connectivity index (χ4v) is 5.09. The molecule has 0 fully saturated rings. The highest BCUT2D eigenvalue weighted by molar-refractivity contribution is 5.94. The topological polar surface area (TPSA) is 78.5 Å². The molecule has 0 radical (unpaired) electrons. The van der Waals surface area contributed by atoms with Gasteiger partial charge in [0.25, 0.3) is 0 Å². The fraction of sp³-hybridized carbons (Fsp3) is 0.138. The van der Waals surface area contributed by atoms with Gasteiger partial charge in [-0.25, -0.2) is 4.98 Å². The minimum Gasteiger partial charge on any atom is -0.390 e. The molecule has 0 atom stereocenters. The van der Waals surface area contributed by atoms with Crippen LogP contribution in [-0.2, 0) is 19.5 Å². The number of nitrogens with one attached hydrogen (secondary N) is 3. The van der Waals surface area contributed by atoms with E-state index >= 15 is 0 Å². The second-order valence-corrected chi connectivity index (χ2v) is 9.19. The predicted octanol–water partition coefficient (Wildman–Crippen LogP) is 4.83. The van der Waals surface area contributed by atoms with E-state index in [2.05, 4.69) is 80.3 Å². The summed E-state index contributed by atoms with van der Waals surface area (Å²) in [4.78, 5) is 17.7. The molecule has 5 heterocycles. The maximum absolute atomic E-state index is 5.11. The normalized spacial score (nSPS) is 14.7. The van der Waals surface area contributed by atoms with Gasteiger partial charge < -0.3 is 15.6 Å². The molecule has 3 N–H and O–H groups in total. The Morgan fingerprint density at radius 1 is 0.743 bits per heavy atom. The third-order valence-corrected chi connectivity index (χ3v) is 6.86. The van der Waals surface area contributed by atoms with E-state index in [1.165, 1.54) is 22.3 Å². The number of pyridine rings is 2. The number of fused-ring (bicyclic) bond motifs is 9. The van der Waals surface area contributed by atoms with Crippen LogP contribution in [0.15, 0.2) is 79.5 Å². The molecule has 0 unspecified atom stereocenters. The van der Waals surface area contributed by atoms with Gasteiger partial charge in [-0.15, -0.1) is 0 Å². The lowest BCUT2D eigenvalue weighted by molar-refractivity contribution is 0.692. The third-order valence-electron chi connectivity index (χ3n) is 6.86. The van der Waals surface area contributed by atoms with Crippen molar-refractivity contribution in [1.29, 1.82) is 0 Å². The monoisotopic (exact) mass is 456 g/mol. The number of hydrogen-bond donors (Lipinski definition) is 3. The summed E-state index contributed by atoms with van der Waals surface area (Å²) >= 11 is 0. The first kappa shape index (κ1) is 20.1. The van der Waals surface area contributed by atoms with E-state index < -0.39 is 0 Å². The van der Waals surface area contributed by atoms with Crippen LogP contribution in [0.4, 0.5) is 0 Å². The maximum Gasteiger partial charge on any atom is 0.140 e. The van der Waals surface area contributed by atoms with Crippen molar-refractivity contribution in [2.75, 3.05) is 6.54 Å². The summed E-state index contributed by atoms with van der Waals surface area (Å²) in [5.74, 6) is 0.844. The van der Waals surface area contributed by atoms with Gasteiger partial charge in [-0.2, -0.15) is 0 Å². The minimum absolute atomic E-state index is 0.755. The lowest BCUT2D eigenvalue weighted by atomic mass is 9.94. The number of aromatic amines is 1. The van der Waals surface area contributed by atoms with Crippen molar-refractivity contribution in [3.8, 4) is 22.3 Å². The molecule has 0 saturated heterocycles. The van der Waals surface area contributed by atoms with Crippen molar-refractivity contribution in [1.82, 2.24) is 30.6 Å². The predicted molar refractivity (Wildman–Crippen MR) is 138 cm³/mol. The highest BCUT2D eigenvalue weighted by Gasteiger charge is 2.19. The first-order valence-corrected chi connectivity index (χ1v) is 12.0. The molecule has 0 amide bonds. The van der Waals surface area contributed by atoms with Crippen molar-refractivity contribution in [3.05, 3.63) is 108 Å². The van der Waals surface area contributed by atoms with Gasteiger partial charge in [-0.05, 0) is 58.0 Å². The summed E-state index contributed by atoms with van der Waals surface area (Å²) in [5, 5.41) is 7.05. The standard InChI is InChI=1S/C29H24N6/c1-2-18-8-22(3-1)25-15-33-17-27-28(25)35-29(34-27)26-16-30-7-6-20-4-5-21(10-24(20)26)23-9-19(12-31-11-18)13-32-14-23/h1-5,8-10,13-17,30-31H,6-7,11-12H2,(H,34,35). The molecule has 5 aromatic rings. The highest BCUT2D eigenvalue weighted by atomic mass is 14.9. The Morgan fingerprint density at radius 2 is 1.66 bits per heavy atom. The first-order valence-electron chi connectivity index (χ1n) is 12.0. The van der Waals surface area contributed by atoms with Crippen molar-refractivity contribution in [3.63, 3.8) is 0 Å². The van der Waals surface area contributed by atoms with Crippen LogP contribution in [0.25, 0.3) is 38.9 Å². The Bertz CT molecular complexity index is 1610. The summed E-state index contributed by atoms with van der Waals surface area (Å²) < 4.78 is 0. The van der Waals surface area contributed by atoms with Crippen LogP contribution in [-0.4, -0.2) is 26.5 Å². The van der Waals surface area contributed by atoms with Gasteiger partial charge >= 0.3 is 0 Å². The molecule has 8 bridgehead atoms. The molecule has 0 saturated carbocycles. The van der Waals surface area contributed by atoms with Crippen LogP contribution in [0.5, 0.6) is 0 Å². The molecule has 0 spiro atoms. The lowest BCUT2D eigenvalue weighted by Crippen LogP contribution is -2.13. The van der Waals surface area contributed by atoms with Crippen molar-refractivity contribution < 1.29 is 0 Å². The van der Waals surface area contributed by atoms with E-state index in [0.29, 0.717) is 0 Å². The van der Waals surface area contributed by atoms with Gasteiger partial charge in [0.2, 0.25) is 0 Å². The zero-order valence-corrected chi connectivity index (χ0v) is 19.2. The van der Waals surface area contributed by atoms with Gasteiger partial charge in [0.05, 0.1) is 17.2 Å². The van der Waals surface area contributed by atoms with E-state index in [-0.39, 0.29) is 0 Å². The molecular weight excluding hydrogens is 432 g/mol. The smallest absolute Gasteiger partial charge is 0.140 e. The van der Waals surface area contributed by atoms with E-state index in [4.69, 9.17) is 4.98 Å². The van der Waals surface area contributed by atoms with E-state index in [1.54, 1.807) is 0 Å². The van der Waals surface area contributed by atoms with E-state index in [1.807, 2.05) is 24.8 Å². The Morgan fingerprint density at radius 3 is 2.66 bits per heavy atom. The number of aromatic nitrogens is 4. The fourth-order valence-electron chi connectivity index (χ4n) is 5.09. The number of benzene rings is 2. The summed E-state index contributed by atoms with van der Waals surface area (Å²) in [5.41, 5.74) is 12.2. The largest absolute Gasteiger partial charge is 0.390 e. The second kappa shape index (κ2) is 8.18. The Balaban J connectivity index is 1.48. The average Bonchev–Trinajstić information content (AvgIpc) is 3.22. The number of H-pyrrole nitrogens is 1. The number of nitrogens with zero attached hydrogens (tertiary/aromatic N) is 3. The Labute approximate surface area is 203 Å². The highest BCUT2D eigenvalue weighted by Crippen LogP contribution is 2.34. The molecule has 0 aliphatic carbocycles. The summed E-state index contributed by atoms with van der Waals surface area (Å²) in [6, 6.07) is 17.6. The average molecular weight is 457 g/mol. The maximum atomic E-state index is 5.11. The Hall–Kier alpha value is -4.29. The molecular formula is C29H24N6. The van der Waals surface area contributed by atoms with Gasteiger partial charge in [0.15, 0.2) is 0 Å². The van der Waals surface area contributed by atoms with Crippen LogP contribution < -0.4 is 10.6 Å². The van der Waals surface area contributed by atoms with E-state index in [0.717, 1.165) is 70.7 Å². The molecule has 6 heteroatoms. The SMILES string of the molecule is C1=C2c3nc4c(cncc4[nH]3)-c3cccc(c3)CNCc3cncc(c3)-c3ccc(c2c3)CCN1. The summed E-state index contributed by atoms with van der Waals surface area (Å²) in [6.45, 7) is 2.41. The molecule has 2 aromatic carbocycles. The lowest BCUT2D eigenvalue weighted by Gasteiger charge is -2.12. The third kappa shape index (κ3) is 3.59. The van der Waals surface area contributed by atoms with Crippen LogP contribution in [0, 0.1) is 0 Å². The molecule has 35 heavy (non-hydrogen) atoms. The molecule has 3 aromatic heterocycles. The zero-order chi connectivity index (χ0) is 23.2. The van der Waals surface area contributed by atoms with Crippen LogP contribution in [0.1, 0.15) is 28.1 Å². The van der Waals surface area contributed by atoms with E-state index in [9.17, 15) is 0 Å². The summed E-state index contributed by atoms with van der Waals surface area (Å²) in [6.07, 6.45) is 10.7. The molecule has 2 aliphatic rings. The Kier molecular flexibility index (Phi) is 4.70. The van der Waals surface area contributed by atoms with Crippen molar-refractivity contribution in [2.24, 2.45) is 0 Å². The first-order chi connectivity index (χ1) is 17.3. The van der Waals surface area contributed by atoms with Crippen LogP contribution in [0.3, 0.4) is 0 Å². The van der Waals surface area contributed by atoms with Gasteiger partial charge in [0.1, 0.15) is 5.82 Å². The van der Waals surface area contributed by atoms with Gasteiger partial charge in [-0.1, -0.05) is 30.3 Å². The number of imidazole rings is 1. The van der Waals surface area contributed by atoms with Gasteiger partial charge in [-0.3, -0.25) is 9.97 Å². The quantitative estimate of drug-likeness (QED) is 0.311. The second-order valence-electron chi connectivity index (χ2n) is 9.19. The molecule has 7 rings (SSSR count). The van der Waals surface area contributed by atoms with Crippen molar-refractivity contribution in [2.45, 2.75) is 19.5 Å². The van der Waals surface area contributed by atoms with Gasteiger partial charge in [0, 0.05) is 61.1 Å². The van der Waals surface area contributed by atoms with Crippen LogP contribution >= 0.6 is 0 Å².